The minimum absolute atomic E-state index is 0.290. The van der Waals surface area contributed by atoms with Gasteiger partial charge in [0.1, 0.15) is 11.4 Å². The molecule has 0 unspecified atom stereocenters. The van der Waals surface area contributed by atoms with E-state index in [1.165, 1.54) is 10.6 Å². The van der Waals surface area contributed by atoms with Crippen molar-refractivity contribution in [3.8, 4) is 5.75 Å². The summed E-state index contributed by atoms with van der Waals surface area (Å²) in [5.41, 5.74) is 0.563. The summed E-state index contributed by atoms with van der Waals surface area (Å²) in [5.74, 6) is 0.751. The van der Waals surface area contributed by atoms with Crippen molar-refractivity contribution in [1.29, 1.82) is 0 Å². The fraction of sp³-hybridized carbons (Fsp3) is 0.636. The van der Waals surface area contributed by atoms with E-state index in [4.69, 9.17) is 9.47 Å². The molecular formula is C22H33N3O6S. The number of hydrogen-bond acceptors (Lipinski definition) is 6. The lowest BCUT2D eigenvalue weighted by Gasteiger charge is -2.35. The van der Waals surface area contributed by atoms with Gasteiger partial charge >= 0.3 is 12.2 Å². The molecule has 0 spiro atoms. The smallest absolute Gasteiger partial charge is 0.415 e. The Morgan fingerprint density at radius 2 is 1.38 bits per heavy atom. The molecule has 2 aliphatic heterocycles. The summed E-state index contributed by atoms with van der Waals surface area (Å²) >= 11 is 0. The molecule has 32 heavy (non-hydrogen) atoms. The highest BCUT2D eigenvalue weighted by Crippen LogP contribution is 2.30. The molecule has 0 saturated carbocycles. The molecule has 1 aromatic rings. The summed E-state index contributed by atoms with van der Waals surface area (Å²) in [6, 6.07) is 7.41. The summed E-state index contributed by atoms with van der Waals surface area (Å²) < 4.78 is 35.7. The second-order valence-electron chi connectivity index (χ2n) is 9.33. The third-order valence-corrected chi connectivity index (χ3v) is 6.97. The standard InChI is InChI=1S/C22H33N3O6S/c1-22(2,3)31-21(27)24-15-13-23(14-16-24)20(26)30-19-7-5-17(6-8-19)18-9-11-25(12-10-18)32(4,28)29/h5-8,18H,9-16H2,1-4H3. The normalized spacial score (nSPS) is 19.0. The number of amides is 2. The van der Waals surface area contributed by atoms with Gasteiger partial charge in [0.2, 0.25) is 10.0 Å². The summed E-state index contributed by atoms with van der Waals surface area (Å²) in [6.07, 6.45) is 1.97. The maximum Gasteiger partial charge on any atom is 0.415 e. The van der Waals surface area contributed by atoms with Crippen LogP contribution in [0.3, 0.4) is 0 Å². The third-order valence-electron chi connectivity index (χ3n) is 5.67. The minimum atomic E-state index is -3.14. The quantitative estimate of drug-likeness (QED) is 0.678. The maximum absolute atomic E-state index is 12.5. The molecule has 0 bridgehead atoms. The van der Waals surface area contributed by atoms with Gasteiger partial charge in [0.15, 0.2) is 0 Å². The molecule has 0 N–H and O–H groups in total. The number of nitrogens with zero attached hydrogens (tertiary/aromatic N) is 3. The molecule has 3 rings (SSSR count). The van der Waals surface area contributed by atoms with Gasteiger partial charge in [0.25, 0.3) is 0 Å². The number of ether oxygens (including phenoxy) is 2. The van der Waals surface area contributed by atoms with Gasteiger partial charge < -0.3 is 19.3 Å². The lowest BCUT2D eigenvalue weighted by Crippen LogP contribution is -2.52. The predicted octanol–water partition coefficient (Wildman–Crippen LogP) is 2.88. The first-order valence-corrected chi connectivity index (χ1v) is 12.8. The largest absolute Gasteiger partial charge is 0.444 e. The van der Waals surface area contributed by atoms with E-state index in [2.05, 4.69) is 0 Å². The zero-order valence-corrected chi connectivity index (χ0v) is 20.1. The lowest BCUT2D eigenvalue weighted by molar-refractivity contribution is 0.0154. The van der Waals surface area contributed by atoms with E-state index in [0.29, 0.717) is 50.9 Å². The first kappa shape index (κ1) is 24.3. The van der Waals surface area contributed by atoms with Crippen molar-refractivity contribution in [1.82, 2.24) is 14.1 Å². The summed E-state index contributed by atoms with van der Waals surface area (Å²) in [5, 5.41) is 0. The van der Waals surface area contributed by atoms with Crippen molar-refractivity contribution >= 4 is 22.2 Å². The van der Waals surface area contributed by atoms with Crippen molar-refractivity contribution in [2.75, 3.05) is 45.5 Å². The number of piperazine rings is 1. The Hall–Kier alpha value is -2.33. The first-order valence-electron chi connectivity index (χ1n) is 10.9. The first-order chi connectivity index (χ1) is 14.9. The van der Waals surface area contributed by atoms with Crippen LogP contribution in [0.25, 0.3) is 0 Å². The fourth-order valence-corrected chi connectivity index (χ4v) is 4.77. The number of carbonyl (C=O) groups excluding carboxylic acids is 2. The van der Waals surface area contributed by atoms with Crippen LogP contribution in [0.4, 0.5) is 9.59 Å². The van der Waals surface area contributed by atoms with E-state index in [-0.39, 0.29) is 6.09 Å². The van der Waals surface area contributed by atoms with E-state index in [9.17, 15) is 18.0 Å². The average Bonchev–Trinajstić information content (AvgIpc) is 2.72. The minimum Gasteiger partial charge on any atom is -0.444 e. The Balaban J connectivity index is 1.47. The lowest BCUT2D eigenvalue weighted by atomic mass is 9.90. The second-order valence-corrected chi connectivity index (χ2v) is 11.3. The Morgan fingerprint density at radius 1 is 0.875 bits per heavy atom. The highest BCUT2D eigenvalue weighted by atomic mass is 32.2. The number of rotatable bonds is 3. The summed E-state index contributed by atoms with van der Waals surface area (Å²) in [6.45, 7) is 8.08. The molecule has 1 aromatic carbocycles. The van der Waals surface area contributed by atoms with Gasteiger partial charge in [-0.1, -0.05) is 12.1 Å². The van der Waals surface area contributed by atoms with Crippen LogP contribution in [-0.2, 0) is 14.8 Å². The van der Waals surface area contributed by atoms with Crippen molar-refractivity contribution in [3.63, 3.8) is 0 Å². The topological polar surface area (TPSA) is 96.5 Å². The molecule has 178 valence electrons. The van der Waals surface area contributed by atoms with Crippen LogP contribution in [0, 0.1) is 0 Å². The van der Waals surface area contributed by atoms with E-state index in [1.807, 2.05) is 32.9 Å². The highest BCUT2D eigenvalue weighted by Gasteiger charge is 2.29. The highest BCUT2D eigenvalue weighted by molar-refractivity contribution is 7.88. The van der Waals surface area contributed by atoms with Gasteiger partial charge in [0, 0.05) is 39.3 Å². The molecule has 2 fully saturated rings. The molecule has 0 aromatic heterocycles. The molecule has 2 aliphatic rings. The van der Waals surface area contributed by atoms with E-state index in [0.717, 1.165) is 18.4 Å². The summed E-state index contributed by atoms with van der Waals surface area (Å²) in [4.78, 5) is 27.8. The van der Waals surface area contributed by atoms with Gasteiger partial charge in [-0.2, -0.15) is 0 Å². The molecule has 0 radical (unpaired) electrons. The monoisotopic (exact) mass is 467 g/mol. The Labute approximate surface area is 190 Å². The van der Waals surface area contributed by atoms with Crippen LogP contribution in [0.1, 0.15) is 45.1 Å². The number of carbonyl (C=O) groups is 2. The van der Waals surface area contributed by atoms with Crippen molar-refractivity contribution in [3.05, 3.63) is 29.8 Å². The average molecular weight is 468 g/mol. The van der Waals surface area contributed by atoms with E-state index < -0.39 is 21.7 Å². The van der Waals surface area contributed by atoms with E-state index in [1.54, 1.807) is 21.9 Å². The van der Waals surface area contributed by atoms with Crippen LogP contribution >= 0.6 is 0 Å². The molecule has 2 heterocycles. The van der Waals surface area contributed by atoms with Gasteiger partial charge in [-0.3, -0.25) is 0 Å². The predicted molar refractivity (Wildman–Crippen MR) is 120 cm³/mol. The Kier molecular flexibility index (Phi) is 7.34. The fourth-order valence-electron chi connectivity index (χ4n) is 3.89. The molecule has 2 saturated heterocycles. The van der Waals surface area contributed by atoms with Crippen molar-refractivity contribution < 1.29 is 27.5 Å². The van der Waals surface area contributed by atoms with Gasteiger partial charge in [-0.05, 0) is 57.2 Å². The Bertz CT molecular complexity index is 910. The third kappa shape index (κ3) is 6.59. The van der Waals surface area contributed by atoms with Crippen LogP contribution < -0.4 is 4.74 Å². The number of piperidine rings is 1. The SMILES string of the molecule is CC(C)(C)OC(=O)N1CCN(C(=O)Oc2ccc(C3CCN(S(C)(=O)=O)CC3)cc2)CC1. The zero-order valence-electron chi connectivity index (χ0n) is 19.2. The van der Waals surface area contributed by atoms with E-state index >= 15 is 0 Å². The maximum atomic E-state index is 12.5. The van der Waals surface area contributed by atoms with Crippen molar-refractivity contribution in [2.24, 2.45) is 0 Å². The number of sulfonamides is 1. The van der Waals surface area contributed by atoms with Crippen LogP contribution in [0.2, 0.25) is 0 Å². The molecule has 10 heteroatoms. The van der Waals surface area contributed by atoms with Gasteiger partial charge in [-0.15, -0.1) is 0 Å². The van der Waals surface area contributed by atoms with Crippen molar-refractivity contribution in [2.45, 2.75) is 45.1 Å². The molecule has 9 nitrogen and oxygen atoms in total. The molecule has 2 amide bonds. The van der Waals surface area contributed by atoms with Crippen LogP contribution in [0.15, 0.2) is 24.3 Å². The van der Waals surface area contributed by atoms with Gasteiger partial charge in [0.05, 0.1) is 6.26 Å². The Morgan fingerprint density at radius 3 is 1.84 bits per heavy atom. The van der Waals surface area contributed by atoms with Crippen LogP contribution in [-0.4, -0.2) is 85.8 Å². The van der Waals surface area contributed by atoms with Gasteiger partial charge in [-0.25, -0.2) is 22.3 Å². The summed E-state index contributed by atoms with van der Waals surface area (Å²) in [7, 11) is -3.14. The second kappa shape index (κ2) is 9.66. The zero-order chi connectivity index (χ0) is 23.5. The molecule has 0 aliphatic carbocycles. The number of benzene rings is 1. The molecule has 0 atom stereocenters. The van der Waals surface area contributed by atoms with Crippen LogP contribution in [0.5, 0.6) is 5.75 Å². The molecular weight excluding hydrogens is 434 g/mol. The number of hydrogen-bond donors (Lipinski definition) is 0.